The van der Waals surface area contributed by atoms with Crippen LogP contribution >= 0.6 is 0 Å². The average molecular weight is 277 g/mol. The van der Waals surface area contributed by atoms with E-state index in [1.165, 1.54) is 6.07 Å². The number of benzene rings is 1. The monoisotopic (exact) mass is 277 g/mol. The second kappa shape index (κ2) is 6.47. The number of nitrogens with zero attached hydrogens (tertiary/aromatic N) is 1. The Hall–Kier alpha value is -1.95. The van der Waals surface area contributed by atoms with Crippen molar-refractivity contribution in [2.75, 3.05) is 0 Å². The van der Waals surface area contributed by atoms with Crippen LogP contribution < -0.4 is 11.1 Å². The summed E-state index contributed by atoms with van der Waals surface area (Å²) in [4.78, 5) is 22.4. The molecule has 0 saturated heterocycles. The molecule has 6 nitrogen and oxygen atoms in total. The van der Waals surface area contributed by atoms with Crippen LogP contribution in [0.4, 0.5) is 5.69 Å². The van der Waals surface area contributed by atoms with Crippen LogP contribution in [0.25, 0.3) is 0 Å². The third-order valence-corrected chi connectivity index (χ3v) is 3.71. The maximum absolute atomic E-state index is 12.0. The van der Waals surface area contributed by atoms with Gasteiger partial charge in [0.25, 0.3) is 5.69 Å². The first-order valence-corrected chi connectivity index (χ1v) is 6.85. The molecular formula is C14H19N3O3. The van der Waals surface area contributed by atoms with E-state index in [9.17, 15) is 14.9 Å². The minimum Gasteiger partial charge on any atom is -0.352 e. The molecule has 20 heavy (non-hydrogen) atoms. The zero-order chi connectivity index (χ0) is 14.5. The topological polar surface area (TPSA) is 98.3 Å². The molecule has 3 N–H and O–H groups in total. The van der Waals surface area contributed by atoms with Crippen molar-refractivity contribution in [3.05, 3.63) is 39.9 Å². The van der Waals surface area contributed by atoms with Gasteiger partial charge in [-0.2, -0.15) is 0 Å². The fourth-order valence-electron chi connectivity index (χ4n) is 2.61. The Morgan fingerprint density at radius 2 is 2.05 bits per heavy atom. The van der Waals surface area contributed by atoms with Gasteiger partial charge in [-0.3, -0.25) is 14.9 Å². The summed E-state index contributed by atoms with van der Waals surface area (Å²) in [5.41, 5.74) is 6.39. The maximum Gasteiger partial charge on any atom is 0.273 e. The molecule has 2 unspecified atom stereocenters. The summed E-state index contributed by atoms with van der Waals surface area (Å²) >= 11 is 0. The second-order valence-corrected chi connectivity index (χ2v) is 5.18. The third-order valence-electron chi connectivity index (χ3n) is 3.71. The number of nitrogens with one attached hydrogen (secondary N) is 1. The highest BCUT2D eigenvalue weighted by Crippen LogP contribution is 2.19. The lowest BCUT2D eigenvalue weighted by molar-refractivity contribution is -0.385. The molecule has 0 heterocycles. The minimum absolute atomic E-state index is 0.0143. The van der Waals surface area contributed by atoms with Crippen molar-refractivity contribution >= 4 is 11.6 Å². The molecule has 1 aromatic carbocycles. The SMILES string of the molecule is NC1CCCCC1NC(=O)Cc1ccccc1[N+](=O)[O-]. The van der Waals surface area contributed by atoms with E-state index in [0.717, 1.165) is 25.7 Å². The molecule has 2 atom stereocenters. The largest absolute Gasteiger partial charge is 0.352 e. The van der Waals surface area contributed by atoms with E-state index in [2.05, 4.69) is 5.32 Å². The van der Waals surface area contributed by atoms with E-state index in [1.54, 1.807) is 18.2 Å². The van der Waals surface area contributed by atoms with Gasteiger partial charge in [-0.15, -0.1) is 0 Å². The predicted molar refractivity (Wildman–Crippen MR) is 75.2 cm³/mol. The number of rotatable bonds is 4. The van der Waals surface area contributed by atoms with Crippen LogP contribution in [0.15, 0.2) is 24.3 Å². The van der Waals surface area contributed by atoms with Gasteiger partial charge in [0.05, 0.1) is 11.3 Å². The van der Waals surface area contributed by atoms with E-state index in [0.29, 0.717) is 5.56 Å². The number of nitro groups is 1. The minimum atomic E-state index is -0.463. The van der Waals surface area contributed by atoms with Gasteiger partial charge in [0.1, 0.15) is 0 Å². The zero-order valence-corrected chi connectivity index (χ0v) is 11.2. The fraction of sp³-hybridized carbons (Fsp3) is 0.500. The van der Waals surface area contributed by atoms with Gasteiger partial charge < -0.3 is 11.1 Å². The van der Waals surface area contributed by atoms with Gasteiger partial charge in [0, 0.05) is 23.7 Å². The van der Waals surface area contributed by atoms with E-state index in [-0.39, 0.29) is 30.1 Å². The molecule has 0 bridgehead atoms. The smallest absolute Gasteiger partial charge is 0.273 e. The number of nitrogens with two attached hydrogens (primary N) is 1. The normalized spacial score (nSPS) is 22.2. The molecule has 1 aliphatic carbocycles. The Balaban J connectivity index is 1.99. The molecule has 108 valence electrons. The Bertz CT molecular complexity index is 504. The van der Waals surface area contributed by atoms with Crippen LogP contribution in [-0.2, 0) is 11.2 Å². The Labute approximate surface area is 117 Å². The van der Waals surface area contributed by atoms with Crippen LogP contribution in [0.2, 0.25) is 0 Å². The van der Waals surface area contributed by atoms with E-state index in [4.69, 9.17) is 5.73 Å². The van der Waals surface area contributed by atoms with Gasteiger partial charge in [-0.1, -0.05) is 31.0 Å². The molecule has 6 heteroatoms. The molecule has 1 aromatic rings. The summed E-state index contributed by atoms with van der Waals surface area (Å²) in [5, 5.41) is 13.8. The zero-order valence-electron chi connectivity index (χ0n) is 11.2. The fourth-order valence-corrected chi connectivity index (χ4v) is 2.61. The van der Waals surface area contributed by atoms with Gasteiger partial charge >= 0.3 is 0 Å². The van der Waals surface area contributed by atoms with Crippen LogP contribution in [0.5, 0.6) is 0 Å². The number of hydrogen-bond acceptors (Lipinski definition) is 4. The van der Waals surface area contributed by atoms with Crippen LogP contribution in [-0.4, -0.2) is 22.9 Å². The quantitative estimate of drug-likeness (QED) is 0.644. The Kier molecular flexibility index (Phi) is 4.68. The molecule has 1 amide bonds. The highest BCUT2D eigenvalue weighted by atomic mass is 16.6. The van der Waals surface area contributed by atoms with Crippen molar-refractivity contribution in [3.8, 4) is 0 Å². The van der Waals surface area contributed by atoms with Crippen LogP contribution in [0.1, 0.15) is 31.2 Å². The average Bonchev–Trinajstić information content (AvgIpc) is 2.41. The molecule has 1 fully saturated rings. The van der Waals surface area contributed by atoms with Crippen molar-refractivity contribution in [1.29, 1.82) is 0 Å². The third kappa shape index (κ3) is 3.54. The Morgan fingerprint density at radius 3 is 2.75 bits per heavy atom. The van der Waals surface area contributed by atoms with Crippen molar-refractivity contribution in [2.45, 2.75) is 44.2 Å². The highest BCUT2D eigenvalue weighted by Gasteiger charge is 2.24. The van der Waals surface area contributed by atoms with Crippen molar-refractivity contribution in [1.82, 2.24) is 5.32 Å². The molecule has 0 aliphatic heterocycles. The first-order chi connectivity index (χ1) is 9.58. The van der Waals surface area contributed by atoms with Crippen molar-refractivity contribution in [2.24, 2.45) is 5.73 Å². The number of nitro benzene ring substituents is 1. The first kappa shape index (κ1) is 14.5. The molecule has 0 radical (unpaired) electrons. The number of carbonyl (C=O) groups is 1. The van der Waals surface area contributed by atoms with Gasteiger partial charge in [-0.05, 0) is 12.8 Å². The number of para-hydroxylation sites is 1. The lowest BCUT2D eigenvalue weighted by atomic mass is 9.91. The highest BCUT2D eigenvalue weighted by molar-refractivity contribution is 5.80. The molecule has 1 aliphatic rings. The summed E-state index contributed by atoms with van der Waals surface area (Å²) in [7, 11) is 0. The van der Waals surface area contributed by atoms with E-state index < -0.39 is 4.92 Å². The van der Waals surface area contributed by atoms with Gasteiger partial charge in [0.2, 0.25) is 5.91 Å². The summed E-state index contributed by atoms with van der Waals surface area (Å²) in [5.74, 6) is -0.207. The second-order valence-electron chi connectivity index (χ2n) is 5.18. The van der Waals surface area contributed by atoms with Gasteiger partial charge in [0.15, 0.2) is 0 Å². The summed E-state index contributed by atoms with van der Waals surface area (Å²) < 4.78 is 0. The lowest BCUT2D eigenvalue weighted by Gasteiger charge is -2.29. The van der Waals surface area contributed by atoms with E-state index in [1.807, 2.05) is 0 Å². The van der Waals surface area contributed by atoms with Gasteiger partial charge in [-0.25, -0.2) is 0 Å². The maximum atomic E-state index is 12.0. The molecule has 0 aromatic heterocycles. The molecule has 2 rings (SSSR count). The standard InChI is InChI=1S/C14H19N3O3/c15-11-6-2-3-7-12(11)16-14(18)9-10-5-1-4-8-13(10)17(19)20/h1,4-5,8,11-12H,2-3,6-7,9,15H2,(H,16,18). The first-order valence-electron chi connectivity index (χ1n) is 6.85. The summed E-state index contributed by atoms with van der Waals surface area (Å²) in [6.45, 7) is 0. The predicted octanol–water partition coefficient (Wildman–Crippen LogP) is 1.52. The lowest BCUT2D eigenvalue weighted by Crippen LogP contribution is -2.49. The van der Waals surface area contributed by atoms with Crippen LogP contribution in [0, 0.1) is 10.1 Å². The number of carbonyl (C=O) groups excluding carboxylic acids is 1. The van der Waals surface area contributed by atoms with Crippen LogP contribution in [0.3, 0.4) is 0 Å². The van der Waals surface area contributed by atoms with E-state index >= 15 is 0 Å². The molecular weight excluding hydrogens is 258 g/mol. The summed E-state index contributed by atoms with van der Waals surface area (Å²) in [6.07, 6.45) is 3.96. The number of hydrogen-bond donors (Lipinski definition) is 2. The molecule has 0 spiro atoms. The molecule has 1 saturated carbocycles. The van der Waals surface area contributed by atoms with Crippen molar-refractivity contribution < 1.29 is 9.72 Å². The number of amides is 1. The Morgan fingerprint density at radius 1 is 1.35 bits per heavy atom. The van der Waals surface area contributed by atoms with Crippen molar-refractivity contribution in [3.63, 3.8) is 0 Å². The summed E-state index contributed by atoms with van der Waals surface area (Å²) in [6, 6.07) is 6.28.